The van der Waals surface area contributed by atoms with E-state index in [1.165, 1.54) is 37.4 Å². The Kier molecular flexibility index (Phi) is 3.91. The first kappa shape index (κ1) is 16.4. The summed E-state index contributed by atoms with van der Waals surface area (Å²) in [4.78, 5) is 43.6. The number of amides is 1. The van der Waals surface area contributed by atoms with Crippen LogP contribution in [0.4, 0.5) is 5.82 Å². The van der Waals surface area contributed by atoms with Crippen LogP contribution >= 0.6 is 0 Å². The van der Waals surface area contributed by atoms with Crippen LogP contribution < -0.4 is 10.5 Å². The molecule has 2 aromatic rings. The highest BCUT2D eigenvalue weighted by Gasteiger charge is 2.42. The van der Waals surface area contributed by atoms with Crippen LogP contribution in [0.3, 0.4) is 0 Å². The van der Waals surface area contributed by atoms with Crippen LogP contribution in [-0.2, 0) is 0 Å². The van der Waals surface area contributed by atoms with Gasteiger partial charge in [-0.3, -0.25) is 9.59 Å². The van der Waals surface area contributed by atoms with Gasteiger partial charge in [0, 0.05) is 61.8 Å². The average molecular weight is 366 g/mol. The molecule has 0 aromatic carbocycles. The minimum absolute atomic E-state index is 0.156. The summed E-state index contributed by atoms with van der Waals surface area (Å²) < 4.78 is 0. The van der Waals surface area contributed by atoms with Crippen molar-refractivity contribution in [2.75, 3.05) is 31.1 Å². The molecule has 8 nitrogen and oxygen atoms in total. The number of carbonyl (C=O) groups excluding carboxylic acids is 1. The zero-order chi connectivity index (χ0) is 18.4. The summed E-state index contributed by atoms with van der Waals surface area (Å²) in [5, 5.41) is 0. The summed E-state index contributed by atoms with van der Waals surface area (Å²) >= 11 is 0. The van der Waals surface area contributed by atoms with Crippen LogP contribution in [0.5, 0.6) is 0 Å². The minimum Gasteiger partial charge on any atom is -0.356 e. The Bertz CT molecular complexity index is 910. The number of likely N-dealkylation sites (tertiary alicyclic amines) is 1. The molecule has 3 fully saturated rings. The number of anilines is 1. The number of H-pyrrole nitrogens is 1. The fourth-order valence-electron chi connectivity index (χ4n) is 4.46. The summed E-state index contributed by atoms with van der Waals surface area (Å²) in [5.41, 5.74) is 1.09. The first-order valence-corrected chi connectivity index (χ1v) is 9.58. The maximum Gasteiger partial charge on any atom is 0.272 e. The first-order chi connectivity index (χ1) is 13.2. The van der Waals surface area contributed by atoms with Gasteiger partial charge in [0.25, 0.3) is 11.5 Å². The highest BCUT2D eigenvalue weighted by atomic mass is 16.2. The van der Waals surface area contributed by atoms with E-state index in [9.17, 15) is 9.59 Å². The molecule has 3 aliphatic rings. The van der Waals surface area contributed by atoms with Crippen LogP contribution in [0.1, 0.15) is 41.4 Å². The molecule has 2 aliphatic heterocycles. The highest BCUT2D eigenvalue weighted by Crippen LogP contribution is 2.37. The summed E-state index contributed by atoms with van der Waals surface area (Å²) in [6.45, 7) is 3.21. The molecule has 2 saturated heterocycles. The van der Waals surface area contributed by atoms with E-state index in [4.69, 9.17) is 0 Å². The van der Waals surface area contributed by atoms with Crippen molar-refractivity contribution in [1.29, 1.82) is 0 Å². The van der Waals surface area contributed by atoms with Crippen molar-refractivity contribution in [2.24, 2.45) is 11.8 Å². The number of carbonyl (C=O) groups is 1. The molecule has 0 radical (unpaired) electrons. The normalized spacial score (nSPS) is 24.7. The number of aromatic nitrogens is 4. The highest BCUT2D eigenvalue weighted by molar-refractivity contribution is 5.92. The molecule has 1 amide bonds. The Morgan fingerprint density at radius 1 is 1.04 bits per heavy atom. The largest absolute Gasteiger partial charge is 0.356 e. The maximum atomic E-state index is 12.6. The van der Waals surface area contributed by atoms with Gasteiger partial charge in [-0.2, -0.15) is 0 Å². The Balaban J connectivity index is 1.26. The number of aromatic amines is 1. The third-order valence-corrected chi connectivity index (χ3v) is 6.19. The maximum absolute atomic E-state index is 12.6. The van der Waals surface area contributed by atoms with Gasteiger partial charge in [0.15, 0.2) is 0 Å². The average Bonchev–Trinajstić information content (AvgIpc) is 3.19. The summed E-state index contributed by atoms with van der Waals surface area (Å²) in [6, 6.07) is 3.42. The topological polar surface area (TPSA) is 95.1 Å². The molecule has 2 aromatic heterocycles. The number of nitrogens with zero attached hydrogens (tertiary/aromatic N) is 5. The third kappa shape index (κ3) is 2.98. The molecule has 2 unspecified atom stereocenters. The van der Waals surface area contributed by atoms with E-state index in [1.54, 1.807) is 6.33 Å². The van der Waals surface area contributed by atoms with Crippen LogP contribution in [0.15, 0.2) is 29.6 Å². The lowest BCUT2D eigenvalue weighted by Crippen LogP contribution is -2.34. The van der Waals surface area contributed by atoms with Gasteiger partial charge in [-0.15, -0.1) is 0 Å². The number of rotatable bonds is 3. The lowest BCUT2D eigenvalue weighted by atomic mass is 9.83. The van der Waals surface area contributed by atoms with Crippen molar-refractivity contribution in [1.82, 2.24) is 24.8 Å². The number of hydrogen-bond donors (Lipinski definition) is 1. The second-order valence-electron chi connectivity index (χ2n) is 7.86. The van der Waals surface area contributed by atoms with Gasteiger partial charge in [-0.05, 0) is 12.8 Å². The van der Waals surface area contributed by atoms with Crippen molar-refractivity contribution in [2.45, 2.75) is 25.2 Å². The van der Waals surface area contributed by atoms with E-state index < -0.39 is 0 Å². The van der Waals surface area contributed by atoms with E-state index in [-0.39, 0.29) is 17.2 Å². The van der Waals surface area contributed by atoms with E-state index in [0.717, 1.165) is 18.9 Å². The molecule has 8 heteroatoms. The molecule has 1 aliphatic carbocycles. The summed E-state index contributed by atoms with van der Waals surface area (Å²) in [5.74, 6) is 2.31. The standard InChI is InChI=1S/C19H22N6O2/c26-18-5-16(21-11-23-18)19(27)25-8-13-6-24(7-14(13)9-25)17-4-15(20-10-22-17)12-2-1-3-12/h4-5,10-14H,1-3,6-9H2,(H,21,23,26). The quantitative estimate of drug-likeness (QED) is 0.872. The smallest absolute Gasteiger partial charge is 0.272 e. The molecule has 0 bridgehead atoms. The first-order valence-electron chi connectivity index (χ1n) is 9.58. The van der Waals surface area contributed by atoms with Gasteiger partial charge in [0.2, 0.25) is 0 Å². The van der Waals surface area contributed by atoms with Crippen molar-refractivity contribution in [3.63, 3.8) is 0 Å². The molecule has 1 saturated carbocycles. The summed E-state index contributed by atoms with van der Waals surface area (Å²) in [7, 11) is 0. The molecular weight excluding hydrogens is 344 g/mol. The third-order valence-electron chi connectivity index (χ3n) is 6.19. The Morgan fingerprint density at radius 2 is 1.81 bits per heavy atom. The summed E-state index contributed by atoms with van der Waals surface area (Å²) in [6.07, 6.45) is 6.72. The van der Waals surface area contributed by atoms with Crippen molar-refractivity contribution in [3.8, 4) is 0 Å². The molecule has 5 rings (SSSR count). The zero-order valence-electron chi connectivity index (χ0n) is 15.0. The van der Waals surface area contributed by atoms with Crippen LogP contribution in [0.2, 0.25) is 0 Å². The van der Waals surface area contributed by atoms with E-state index in [2.05, 4.69) is 30.9 Å². The molecule has 0 spiro atoms. The van der Waals surface area contributed by atoms with Crippen molar-refractivity contribution < 1.29 is 4.79 Å². The molecule has 140 valence electrons. The second-order valence-corrected chi connectivity index (χ2v) is 7.86. The fourth-order valence-corrected chi connectivity index (χ4v) is 4.46. The molecule has 1 N–H and O–H groups in total. The van der Waals surface area contributed by atoms with Crippen molar-refractivity contribution >= 4 is 11.7 Å². The van der Waals surface area contributed by atoms with Gasteiger partial charge in [0.05, 0.1) is 6.33 Å². The van der Waals surface area contributed by atoms with E-state index in [0.29, 0.717) is 30.8 Å². The Labute approximate surface area is 156 Å². The Hall–Kier alpha value is -2.77. The predicted molar refractivity (Wildman–Crippen MR) is 98.6 cm³/mol. The van der Waals surface area contributed by atoms with Gasteiger partial charge >= 0.3 is 0 Å². The van der Waals surface area contributed by atoms with Gasteiger partial charge in [0.1, 0.15) is 17.8 Å². The number of nitrogens with one attached hydrogen (secondary N) is 1. The zero-order valence-corrected chi connectivity index (χ0v) is 15.0. The van der Waals surface area contributed by atoms with Gasteiger partial charge < -0.3 is 14.8 Å². The number of fused-ring (bicyclic) bond motifs is 1. The predicted octanol–water partition coefficient (Wildman–Crippen LogP) is 1.04. The van der Waals surface area contributed by atoms with Crippen molar-refractivity contribution in [3.05, 3.63) is 46.5 Å². The lowest BCUT2D eigenvalue weighted by molar-refractivity contribution is 0.0776. The van der Waals surface area contributed by atoms with Gasteiger partial charge in [-0.1, -0.05) is 6.42 Å². The molecule has 4 heterocycles. The van der Waals surface area contributed by atoms with Gasteiger partial charge in [-0.25, -0.2) is 15.0 Å². The SMILES string of the molecule is O=C(c1cc(=O)[nH]cn1)N1CC2CN(c3cc(C4CCC4)ncn3)CC2C1. The lowest BCUT2D eigenvalue weighted by Gasteiger charge is -2.26. The molecule has 27 heavy (non-hydrogen) atoms. The van der Waals surface area contributed by atoms with Crippen LogP contribution in [-0.4, -0.2) is 56.9 Å². The molecule has 2 atom stereocenters. The fraction of sp³-hybridized carbons (Fsp3) is 0.526. The van der Waals surface area contributed by atoms with E-state index in [1.807, 2.05) is 4.90 Å². The van der Waals surface area contributed by atoms with E-state index >= 15 is 0 Å². The second kappa shape index (κ2) is 6.44. The Morgan fingerprint density at radius 3 is 2.48 bits per heavy atom. The van der Waals surface area contributed by atoms with Crippen LogP contribution in [0.25, 0.3) is 0 Å². The molecular formula is C19H22N6O2. The number of hydrogen-bond acceptors (Lipinski definition) is 6. The minimum atomic E-state index is -0.301. The van der Waals surface area contributed by atoms with Crippen LogP contribution in [0, 0.1) is 11.8 Å². The monoisotopic (exact) mass is 366 g/mol.